The van der Waals surface area contributed by atoms with E-state index >= 15 is 35.1 Å². The van der Waals surface area contributed by atoms with Gasteiger partial charge in [-0.3, -0.25) is 4.90 Å². The van der Waals surface area contributed by atoms with Crippen molar-refractivity contribution in [3.8, 4) is 45.7 Å². The fourth-order valence-corrected chi connectivity index (χ4v) is 8.74. The molecule has 0 radical (unpaired) electrons. The maximum absolute atomic E-state index is 15.9. The number of hydrogen-bond acceptors (Lipinski definition) is 7. The van der Waals surface area contributed by atoms with Gasteiger partial charge in [-0.05, 0) is 84.9 Å². The molecule has 0 bridgehead atoms. The van der Waals surface area contributed by atoms with Crippen LogP contribution in [0.2, 0.25) is 0 Å². The Morgan fingerprint density at radius 2 is 0.608 bits per heavy atom. The number of nitrogens with zero attached hydrogens (tertiary/aromatic N) is 6. The van der Waals surface area contributed by atoms with Crippen LogP contribution in [0, 0.1) is 58.2 Å². The van der Waals surface area contributed by atoms with Crippen molar-refractivity contribution in [2.24, 2.45) is 0 Å². The van der Waals surface area contributed by atoms with E-state index in [2.05, 4.69) is 15.0 Å². The van der Waals surface area contributed by atoms with Gasteiger partial charge in [-0.2, -0.15) is 0 Å². The summed E-state index contributed by atoms with van der Waals surface area (Å²) in [5.41, 5.74) is 0.379. The molecule has 0 spiro atoms. The summed E-state index contributed by atoms with van der Waals surface area (Å²) < 4.78 is 160. The highest BCUT2D eigenvalue weighted by atomic mass is 19.2. The van der Waals surface area contributed by atoms with E-state index in [1.807, 2.05) is 87.5 Å². The number of para-hydroxylation sites is 8. The molecule has 0 atom stereocenters. The Labute approximate surface area is 414 Å². The molecule has 364 valence electrons. The summed E-state index contributed by atoms with van der Waals surface area (Å²) in [7, 11) is 0. The van der Waals surface area contributed by atoms with Crippen LogP contribution < -0.4 is 19.4 Å². The minimum atomic E-state index is -2.56. The molecule has 1 aliphatic rings. The standard InChI is InChI=1S/C57H30F10N6O/c58-44-42(45(59)49(63)52(66)48(44)62)56-68-55(69-57(70-56)43-46(60)50(64)53(67)51(65)47(43)61)31-29-38(71(32-17-5-1-6-18-32)33-19-7-2-8-20-33)54(73-36-25-13-15-27-40(36)74-41-28-16-14-26-37(41)73)39(30-31)72(34-21-9-3-10-22-34)35-23-11-4-12-24-35/h1-30H. The second-order valence-corrected chi connectivity index (χ2v) is 16.4. The predicted molar refractivity (Wildman–Crippen MR) is 260 cm³/mol. The summed E-state index contributed by atoms with van der Waals surface area (Å²) in [5, 5.41) is 0. The van der Waals surface area contributed by atoms with E-state index in [4.69, 9.17) is 4.74 Å². The molecule has 0 fully saturated rings. The highest BCUT2D eigenvalue weighted by molar-refractivity contribution is 6.04. The third-order valence-corrected chi connectivity index (χ3v) is 12.0. The van der Waals surface area contributed by atoms with Crippen molar-refractivity contribution in [3.05, 3.63) is 240 Å². The number of fused-ring (bicyclic) bond motifs is 2. The monoisotopic (exact) mass is 1000 g/mol. The van der Waals surface area contributed by atoms with Crippen LogP contribution in [-0.2, 0) is 0 Å². The van der Waals surface area contributed by atoms with Crippen LogP contribution in [0.25, 0.3) is 34.2 Å². The van der Waals surface area contributed by atoms with Crippen LogP contribution in [0.4, 0.5) is 95.1 Å². The highest BCUT2D eigenvalue weighted by Crippen LogP contribution is 2.59. The van der Waals surface area contributed by atoms with Gasteiger partial charge in [0, 0.05) is 28.3 Å². The average Bonchev–Trinajstić information content (AvgIpc) is 3.45. The van der Waals surface area contributed by atoms with Crippen LogP contribution in [-0.4, -0.2) is 15.0 Å². The van der Waals surface area contributed by atoms with Crippen molar-refractivity contribution in [3.63, 3.8) is 0 Å². The largest absolute Gasteiger partial charge is 0.453 e. The quantitative estimate of drug-likeness (QED) is 0.0768. The number of hydrogen-bond donors (Lipinski definition) is 0. The highest BCUT2D eigenvalue weighted by Gasteiger charge is 2.37. The van der Waals surface area contributed by atoms with Gasteiger partial charge in [0.1, 0.15) is 0 Å². The lowest BCUT2D eigenvalue weighted by atomic mass is 10.0. The van der Waals surface area contributed by atoms with Gasteiger partial charge in [-0.15, -0.1) is 0 Å². The zero-order valence-electron chi connectivity index (χ0n) is 37.7. The molecule has 1 aliphatic heterocycles. The van der Waals surface area contributed by atoms with E-state index in [0.29, 0.717) is 51.3 Å². The molecule has 11 rings (SSSR count). The van der Waals surface area contributed by atoms with E-state index in [1.165, 1.54) is 12.1 Å². The van der Waals surface area contributed by atoms with E-state index in [-0.39, 0.29) is 16.9 Å². The van der Waals surface area contributed by atoms with Gasteiger partial charge in [0.2, 0.25) is 11.6 Å². The van der Waals surface area contributed by atoms with Crippen LogP contribution in [0.5, 0.6) is 11.5 Å². The van der Waals surface area contributed by atoms with Gasteiger partial charge in [-0.25, -0.2) is 58.9 Å². The summed E-state index contributed by atoms with van der Waals surface area (Å²) in [4.78, 5) is 17.7. The molecule has 0 N–H and O–H groups in total. The Balaban J connectivity index is 1.35. The molecule has 2 heterocycles. The number of halogens is 10. The zero-order chi connectivity index (χ0) is 51.4. The summed E-state index contributed by atoms with van der Waals surface area (Å²) in [6.45, 7) is 0. The molecule has 0 saturated heterocycles. The second kappa shape index (κ2) is 18.9. The van der Waals surface area contributed by atoms with Gasteiger partial charge in [-0.1, -0.05) is 97.1 Å². The van der Waals surface area contributed by atoms with Gasteiger partial charge >= 0.3 is 0 Å². The van der Waals surface area contributed by atoms with Gasteiger partial charge in [0.15, 0.2) is 75.5 Å². The SMILES string of the molecule is Fc1c(F)c(F)c(-c2nc(-c3cc(N(c4ccccc4)c4ccccc4)c(N4c5ccccc5Oc5ccccc54)c(N(c4ccccc4)c4ccccc4)c3)nc(-c3c(F)c(F)c(F)c(F)c3F)n2)c(F)c1F. The lowest BCUT2D eigenvalue weighted by Crippen LogP contribution is -2.23. The average molecular weight is 1000 g/mol. The smallest absolute Gasteiger partial charge is 0.200 e. The van der Waals surface area contributed by atoms with Crippen molar-refractivity contribution in [2.45, 2.75) is 0 Å². The fourth-order valence-electron chi connectivity index (χ4n) is 8.74. The molecule has 10 aromatic rings. The number of ether oxygens (including phenoxy) is 1. The van der Waals surface area contributed by atoms with Crippen molar-refractivity contribution < 1.29 is 48.6 Å². The number of anilines is 9. The lowest BCUT2D eigenvalue weighted by molar-refractivity contribution is 0.380. The molecule has 0 amide bonds. The van der Waals surface area contributed by atoms with Crippen molar-refractivity contribution in [1.29, 1.82) is 0 Å². The van der Waals surface area contributed by atoms with Gasteiger partial charge in [0.05, 0.1) is 39.6 Å². The Kier molecular flexibility index (Phi) is 12.0. The summed E-state index contributed by atoms with van der Waals surface area (Å²) >= 11 is 0. The molecule has 74 heavy (non-hydrogen) atoms. The van der Waals surface area contributed by atoms with Crippen molar-refractivity contribution in [2.75, 3.05) is 14.7 Å². The van der Waals surface area contributed by atoms with Crippen LogP contribution in [0.15, 0.2) is 182 Å². The summed E-state index contributed by atoms with van der Waals surface area (Å²) in [6.07, 6.45) is 0. The lowest BCUT2D eigenvalue weighted by Gasteiger charge is -2.40. The third kappa shape index (κ3) is 7.94. The molecule has 0 aliphatic carbocycles. The van der Waals surface area contributed by atoms with Gasteiger partial charge < -0.3 is 14.5 Å². The Morgan fingerprint density at radius 3 is 0.946 bits per heavy atom. The Hall–Kier alpha value is -9.51. The summed E-state index contributed by atoms with van der Waals surface area (Å²) in [5.74, 6) is -27.5. The molecule has 1 aromatic heterocycles. The van der Waals surface area contributed by atoms with E-state index in [9.17, 15) is 8.78 Å². The maximum Gasteiger partial charge on any atom is 0.200 e. The first-order chi connectivity index (χ1) is 35.9. The Bertz CT molecular complexity index is 3430. The topological polar surface area (TPSA) is 57.6 Å². The van der Waals surface area contributed by atoms with Crippen LogP contribution >= 0.6 is 0 Å². The molecule has 0 saturated carbocycles. The first-order valence-corrected chi connectivity index (χ1v) is 22.4. The second-order valence-electron chi connectivity index (χ2n) is 16.4. The van der Waals surface area contributed by atoms with E-state index in [1.54, 1.807) is 97.1 Å². The Morgan fingerprint density at radius 1 is 0.324 bits per heavy atom. The minimum Gasteiger partial charge on any atom is -0.453 e. The molecular formula is C57H30F10N6O. The van der Waals surface area contributed by atoms with Crippen molar-refractivity contribution in [1.82, 2.24) is 15.0 Å². The molecule has 17 heteroatoms. The van der Waals surface area contributed by atoms with E-state index in [0.717, 1.165) is 0 Å². The molecule has 7 nitrogen and oxygen atoms in total. The first kappa shape index (κ1) is 46.8. The predicted octanol–water partition coefficient (Wildman–Crippen LogP) is 16.8. The molecular weight excluding hydrogens is 975 g/mol. The van der Waals surface area contributed by atoms with Gasteiger partial charge in [0.25, 0.3) is 0 Å². The summed E-state index contributed by atoms with van der Waals surface area (Å²) in [6, 6.07) is 53.3. The number of rotatable bonds is 10. The van der Waals surface area contributed by atoms with Crippen LogP contribution in [0.1, 0.15) is 0 Å². The third-order valence-electron chi connectivity index (χ3n) is 12.0. The zero-order valence-corrected chi connectivity index (χ0v) is 37.7. The first-order valence-electron chi connectivity index (χ1n) is 22.4. The maximum atomic E-state index is 15.9. The fraction of sp³-hybridized carbons (Fsp3) is 0. The number of aromatic nitrogens is 3. The number of benzene rings is 9. The molecule has 9 aromatic carbocycles. The molecule has 0 unspecified atom stereocenters. The van der Waals surface area contributed by atoms with Crippen LogP contribution in [0.3, 0.4) is 0 Å². The normalized spacial score (nSPS) is 11.7. The van der Waals surface area contributed by atoms with E-state index < -0.39 is 86.8 Å². The van der Waals surface area contributed by atoms with Crippen molar-refractivity contribution >= 4 is 51.2 Å². The minimum absolute atomic E-state index is 0.194.